The summed E-state index contributed by atoms with van der Waals surface area (Å²) in [5.74, 6) is 0. The van der Waals surface area contributed by atoms with E-state index in [0.29, 0.717) is 0 Å². The summed E-state index contributed by atoms with van der Waals surface area (Å²) in [6, 6.07) is 21.4. The first-order valence-electron chi connectivity index (χ1n) is 6.74. The van der Waals surface area contributed by atoms with Crippen molar-refractivity contribution < 1.29 is 0 Å². The van der Waals surface area contributed by atoms with Gasteiger partial charge >= 0.3 is 0 Å². The van der Waals surface area contributed by atoms with Crippen molar-refractivity contribution in [2.24, 2.45) is 0 Å². The zero-order valence-electron chi connectivity index (χ0n) is 11.0. The minimum absolute atomic E-state index is 0.991. The summed E-state index contributed by atoms with van der Waals surface area (Å²) in [4.78, 5) is 2.46. The third-order valence-electron chi connectivity index (χ3n) is 3.12. The Morgan fingerprint density at radius 1 is 0.833 bits per heavy atom. The maximum atomic E-state index is 2.46. The molecule has 0 aliphatic heterocycles. The number of unbranched alkanes of at least 4 members (excludes halogenated alkanes) is 1. The molecular formula is C17H21N+. The summed E-state index contributed by atoms with van der Waals surface area (Å²) in [5, 5.41) is 0. The van der Waals surface area contributed by atoms with Crippen LogP contribution in [0.3, 0.4) is 0 Å². The van der Waals surface area contributed by atoms with Gasteiger partial charge in [-0.05, 0) is 0 Å². The molecule has 1 heteroatoms. The Morgan fingerprint density at radius 2 is 1.44 bits per heavy atom. The second-order valence-corrected chi connectivity index (χ2v) is 4.60. The first-order valence-corrected chi connectivity index (χ1v) is 6.74. The minimum Gasteiger partial charge on any atom is -0.130 e. The van der Waals surface area contributed by atoms with Crippen LogP contribution >= 0.6 is 0 Å². The third kappa shape index (κ3) is 3.71. The molecule has 0 saturated heterocycles. The predicted molar refractivity (Wildman–Crippen MR) is 78.2 cm³/mol. The molecule has 18 heavy (non-hydrogen) atoms. The molecule has 1 radical (unpaired) electrons. The summed E-state index contributed by atoms with van der Waals surface area (Å²) in [6.45, 7) is 4.35. The molecule has 0 amide bonds. The van der Waals surface area contributed by atoms with Gasteiger partial charge in [-0.1, -0.05) is 61.9 Å². The Bertz CT molecular complexity index is 436. The van der Waals surface area contributed by atoms with Crippen LogP contribution in [0.25, 0.3) is 0 Å². The fraction of sp³-hybridized carbons (Fsp3) is 0.294. The van der Waals surface area contributed by atoms with Crippen molar-refractivity contribution in [3.8, 4) is 0 Å². The van der Waals surface area contributed by atoms with Crippen molar-refractivity contribution in [2.75, 3.05) is 6.54 Å². The van der Waals surface area contributed by atoms with Crippen LogP contribution in [0.5, 0.6) is 0 Å². The highest BCUT2D eigenvalue weighted by molar-refractivity contribution is 5.38. The van der Waals surface area contributed by atoms with E-state index in [4.69, 9.17) is 0 Å². The van der Waals surface area contributed by atoms with Gasteiger partial charge in [0.2, 0.25) is 0 Å². The minimum atomic E-state index is 0.991. The number of para-hydroxylation sites is 1. The van der Waals surface area contributed by atoms with E-state index in [0.717, 1.165) is 13.1 Å². The van der Waals surface area contributed by atoms with Crippen LogP contribution < -0.4 is 4.90 Å². The van der Waals surface area contributed by atoms with Gasteiger partial charge in [-0.3, -0.25) is 0 Å². The predicted octanol–water partition coefficient (Wildman–Crippen LogP) is 4.46. The van der Waals surface area contributed by atoms with E-state index in [1.807, 2.05) is 0 Å². The van der Waals surface area contributed by atoms with E-state index < -0.39 is 0 Å². The van der Waals surface area contributed by atoms with Gasteiger partial charge in [0, 0.05) is 24.1 Å². The average molecular weight is 239 g/mol. The van der Waals surface area contributed by atoms with Crippen molar-refractivity contribution in [1.29, 1.82) is 0 Å². The van der Waals surface area contributed by atoms with E-state index in [1.54, 1.807) is 0 Å². The molecule has 1 nitrogen and oxygen atoms in total. The van der Waals surface area contributed by atoms with E-state index >= 15 is 0 Å². The van der Waals surface area contributed by atoms with Crippen LogP contribution in [0.15, 0.2) is 60.7 Å². The summed E-state index contributed by atoms with van der Waals surface area (Å²) in [7, 11) is 0. The quantitative estimate of drug-likeness (QED) is 0.656. The second kappa shape index (κ2) is 6.97. The first-order chi connectivity index (χ1) is 8.90. The molecule has 93 valence electrons. The topological polar surface area (TPSA) is 5.90 Å². The second-order valence-electron chi connectivity index (χ2n) is 4.60. The Morgan fingerprint density at radius 3 is 2.06 bits per heavy atom. The third-order valence-corrected chi connectivity index (χ3v) is 3.12. The Hall–Kier alpha value is -1.60. The Kier molecular flexibility index (Phi) is 4.98. The smallest absolute Gasteiger partial charge is 0.130 e. The highest BCUT2D eigenvalue weighted by Gasteiger charge is 2.17. The monoisotopic (exact) mass is 239 g/mol. The van der Waals surface area contributed by atoms with E-state index in [1.165, 1.54) is 24.1 Å². The number of rotatable bonds is 6. The van der Waals surface area contributed by atoms with Gasteiger partial charge in [0.05, 0.1) is 0 Å². The molecule has 0 unspecified atom stereocenters. The van der Waals surface area contributed by atoms with Crippen molar-refractivity contribution >= 4 is 5.69 Å². The molecule has 0 aromatic heterocycles. The molecule has 0 spiro atoms. The number of anilines is 1. The maximum absolute atomic E-state index is 2.46. The van der Waals surface area contributed by atoms with Crippen LogP contribution in [-0.4, -0.2) is 6.54 Å². The molecule has 0 aliphatic rings. The number of hydrogen-bond donors (Lipinski definition) is 0. The van der Waals surface area contributed by atoms with Gasteiger partial charge in [-0.25, -0.2) is 0 Å². The van der Waals surface area contributed by atoms with Crippen LogP contribution in [0, 0.1) is 0 Å². The maximum Gasteiger partial charge on any atom is 0.181 e. The van der Waals surface area contributed by atoms with Gasteiger partial charge in [0.15, 0.2) is 12.2 Å². The molecule has 0 atom stereocenters. The highest BCUT2D eigenvalue weighted by Crippen LogP contribution is 2.16. The van der Waals surface area contributed by atoms with Crippen molar-refractivity contribution in [3.63, 3.8) is 0 Å². The van der Waals surface area contributed by atoms with Crippen LogP contribution in [0.4, 0.5) is 5.69 Å². The van der Waals surface area contributed by atoms with Crippen LogP contribution in [-0.2, 0) is 6.54 Å². The lowest BCUT2D eigenvalue weighted by atomic mass is 10.2. The molecule has 2 rings (SSSR count). The fourth-order valence-corrected chi connectivity index (χ4v) is 2.09. The summed E-state index contributed by atoms with van der Waals surface area (Å²) < 4.78 is 0. The summed E-state index contributed by atoms with van der Waals surface area (Å²) >= 11 is 0. The average Bonchev–Trinajstić information content (AvgIpc) is 2.45. The van der Waals surface area contributed by atoms with Crippen molar-refractivity contribution in [2.45, 2.75) is 26.3 Å². The molecule has 0 saturated carbocycles. The SMILES string of the molecule is CCCC[N+](Cc1ccccc1)c1ccccc1. The van der Waals surface area contributed by atoms with Gasteiger partial charge in [-0.15, -0.1) is 4.90 Å². The summed E-state index contributed by atoms with van der Waals surface area (Å²) in [6.07, 6.45) is 2.47. The van der Waals surface area contributed by atoms with Crippen LogP contribution in [0.1, 0.15) is 25.3 Å². The molecule has 0 heterocycles. The Labute approximate surface area is 110 Å². The van der Waals surface area contributed by atoms with Crippen LogP contribution in [0.2, 0.25) is 0 Å². The molecule has 0 aliphatic carbocycles. The van der Waals surface area contributed by atoms with E-state index in [-0.39, 0.29) is 0 Å². The highest BCUT2D eigenvalue weighted by atomic mass is 15.1. The zero-order valence-corrected chi connectivity index (χ0v) is 11.0. The number of hydrogen-bond acceptors (Lipinski definition) is 1. The fourth-order valence-electron chi connectivity index (χ4n) is 2.09. The normalized spacial score (nSPS) is 10.8. The zero-order chi connectivity index (χ0) is 12.6. The van der Waals surface area contributed by atoms with Crippen molar-refractivity contribution in [3.05, 3.63) is 66.2 Å². The van der Waals surface area contributed by atoms with Crippen molar-refractivity contribution in [1.82, 2.24) is 4.90 Å². The lowest BCUT2D eigenvalue weighted by Gasteiger charge is -2.11. The lowest BCUT2D eigenvalue weighted by molar-refractivity contribution is 0.506. The van der Waals surface area contributed by atoms with E-state index in [9.17, 15) is 0 Å². The largest absolute Gasteiger partial charge is 0.181 e. The molecule has 2 aromatic carbocycles. The molecule has 2 aromatic rings. The summed E-state index contributed by atoms with van der Waals surface area (Å²) in [5.41, 5.74) is 2.69. The standard InChI is InChI=1S/C17H21N/c1-2-3-14-18(17-12-8-5-9-13-17)15-16-10-6-4-7-11-16/h4-13H,2-3,14-15H2,1H3/q+1. The lowest BCUT2D eigenvalue weighted by Crippen LogP contribution is -2.25. The molecular weight excluding hydrogens is 218 g/mol. The van der Waals surface area contributed by atoms with Gasteiger partial charge in [0.1, 0.15) is 6.54 Å². The van der Waals surface area contributed by atoms with Gasteiger partial charge < -0.3 is 0 Å². The van der Waals surface area contributed by atoms with E-state index in [2.05, 4.69) is 72.5 Å². The van der Waals surface area contributed by atoms with Gasteiger partial charge in [0.25, 0.3) is 0 Å². The van der Waals surface area contributed by atoms with Gasteiger partial charge in [-0.2, -0.15) is 0 Å². The Balaban J connectivity index is 2.10. The molecule has 0 N–H and O–H groups in total. The number of benzene rings is 2. The molecule has 0 bridgehead atoms. The number of nitrogens with zero attached hydrogens (tertiary/aromatic N) is 1. The first kappa shape index (κ1) is 12.8. The molecule has 0 fully saturated rings.